The third-order valence-electron chi connectivity index (χ3n) is 6.00. The number of para-hydroxylation sites is 1. The molecule has 0 saturated carbocycles. The molecule has 0 atom stereocenters. The summed E-state index contributed by atoms with van der Waals surface area (Å²) in [5.41, 5.74) is 5.32. The molecule has 0 aromatic heterocycles. The van der Waals surface area contributed by atoms with Gasteiger partial charge in [0.15, 0.2) is 5.17 Å². The molecule has 0 aliphatic carbocycles. The van der Waals surface area contributed by atoms with Crippen LogP contribution < -0.4 is 10.2 Å². The highest BCUT2D eigenvalue weighted by atomic mass is 32.2. The number of carbonyl (C=O) groups is 1. The number of fused-ring (bicyclic) bond motifs is 1. The zero-order valence-corrected chi connectivity index (χ0v) is 21.9. The highest BCUT2D eigenvalue weighted by Gasteiger charge is 2.39. The molecule has 2 aliphatic rings. The molecule has 3 aromatic carbocycles. The van der Waals surface area contributed by atoms with Gasteiger partial charge in [0, 0.05) is 18.5 Å². The first-order valence-corrected chi connectivity index (χ1v) is 13.3. The Balaban J connectivity index is 1.60. The fraction of sp³-hybridized carbons (Fsp3) is 0.179. The van der Waals surface area contributed by atoms with Crippen LogP contribution in [-0.2, 0) is 11.3 Å². The number of rotatable bonds is 5. The molecule has 0 spiro atoms. The average molecular weight is 512 g/mol. The van der Waals surface area contributed by atoms with E-state index in [0.717, 1.165) is 33.4 Å². The van der Waals surface area contributed by atoms with Crippen LogP contribution in [0.25, 0.3) is 0 Å². The molecule has 36 heavy (non-hydrogen) atoms. The molecular formula is C28H25N5OS2. The van der Waals surface area contributed by atoms with Crippen LogP contribution >= 0.6 is 23.5 Å². The quantitative estimate of drug-likeness (QED) is 0.396. The maximum atomic E-state index is 13.9. The van der Waals surface area contributed by atoms with Crippen LogP contribution in [0.15, 0.2) is 86.6 Å². The van der Waals surface area contributed by atoms with Gasteiger partial charge in [0.1, 0.15) is 4.91 Å². The zero-order valence-electron chi connectivity index (χ0n) is 20.3. The van der Waals surface area contributed by atoms with Crippen LogP contribution in [0.3, 0.4) is 0 Å². The molecule has 1 N–H and O–H groups in total. The second-order valence-corrected chi connectivity index (χ2v) is 10.5. The van der Waals surface area contributed by atoms with Gasteiger partial charge in [-0.1, -0.05) is 54.2 Å². The molecule has 0 bridgehead atoms. The van der Waals surface area contributed by atoms with E-state index in [4.69, 9.17) is 4.99 Å². The largest absolute Gasteiger partial charge is 0.384 e. The van der Waals surface area contributed by atoms with Gasteiger partial charge in [-0.3, -0.25) is 9.69 Å². The summed E-state index contributed by atoms with van der Waals surface area (Å²) < 4.78 is 0. The van der Waals surface area contributed by atoms with E-state index in [1.807, 2.05) is 56.4 Å². The first kappa shape index (κ1) is 24.0. The van der Waals surface area contributed by atoms with E-state index in [2.05, 4.69) is 35.3 Å². The number of benzene rings is 3. The molecule has 6 nitrogen and oxygen atoms in total. The predicted molar refractivity (Wildman–Crippen MR) is 149 cm³/mol. The van der Waals surface area contributed by atoms with Gasteiger partial charge < -0.3 is 10.2 Å². The third kappa shape index (κ3) is 4.48. The number of carbonyl (C=O) groups excluding carboxylic acids is 1. The lowest BCUT2D eigenvalue weighted by Gasteiger charge is -2.18. The van der Waals surface area contributed by atoms with Crippen molar-refractivity contribution in [3.63, 3.8) is 0 Å². The van der Waals surface area contributed by atoms with E-state index in [9.17, 15) is 10.1 Å². The Morgan fingerprint density at radius 2 is 1.86 bits per heavy atom. The Hall–Kier alpha value is -3.67. The fourth-order valence-corrected chi connectivity index (χ4v) is 6.69. The highest BCUT2D eigenvalue weighted by molar-refractivity contribution is 8.19. The Kier molecular flexibility index (Phi) is 6.77. The van der Waals surface area contributed by atoms with Crippen molar-refractivity contribution < 1.29 is 4.79 Å². The van der Waals surface area contributed by atoms with Crippen LogP contribution in [0.4, 0.5) is 17.1 Å². The number of amides is 1. The van der Waals surface area contributed by atoms with Crippen molar-refractivity contribution in [2.45, 2.75) is 25.3 Å². The minimum atomic E-state index is -0.0659. The SMILES string of the molecule is CCNc1ccc(C#N)cc1N=C1S/C(=C2\Sc3cccc(C)c3N2C)C(=O)N1Cc1ccccc1. The Labute approximate surface area is 219 Å². The number of aryl methyl sites for hydroxylation is 1. The van der Waals surface area contributed by atoms with Gasteiger partial charge in [-0.15, -0.1) is 0 Å². The molecule has 180 valence electrons. The normalized spacial score (nSPS) is 18.1. The second kappa shape index (κ2) is 10.1. The number of nitriles is 1. The van der Waals surface area contributed by atoms with Crippen LogP contribution in [0.5, 0.6) is 0 Å². The average Bonchev–Trinajstić information content (AvgIpc) is 3.38. The minimum Gasteiger partial charge on any atom is -0.384 e. The number of thioether (sulfide) groups is 2. The number of nitrogens with one attached hydrogen (secondary N) is 1. The van der Waals surface area contributed by atoms with E-state index in [1.54, 1.807) is 28.8 Å². The molecule has 0 unspecified atom stereocenters. The summed E-state index contributed by atoms with van der Waals surface area (Å²) in [4.78, 5) is 24.5. The lowest BCUT2D eigenvalue weighted by atomic mass is 10.2. The van der Waals surface area contributed by atoms with Crippen LogP contribution in [0, 0.1) is 18.3 Å². The molecule has 8 heteroatoms. The van der Waals surface area contributed by atoms with Gasteiger partial charge in [-0.25, -0.2) is 4.99 Å². The van der Waals surface area contributed by atoms with E-state index in [-0.39, 0.29) is 5.91 Å². The summed E-state index contributed by atoms with van der Waals surface area (Å²) in [5.74, 6) is -0.0659. The summed E-state index contributed by atoms with van der Waals surface area (Å²) in [6.45, 7) is 5.24. The van der Waals surface area contributed by atoms with E-state index in [0.29, 0.717) is 27.9 Å². The lowest BCUT2D eigenvalue weighted by molar-refractivity contribution is -0.122. The van der Waals surface area contributed by atoms with Crippen molar-refractivity contribution in [2.24, 2.45) is 4.99 Å². The Morgan fingerprint density at radius 1 is 1.06 bits per heavy atom. The lowest BCUT2D eigenvalue weighted by Crippen LogP contribution is -2.29. The minimum absolute atomic E-state index is 0.0659. The topological polar surface area (TPSA) is 71.7 Å². The monoisotopic (exact) mass is 511 g/mol. The number of nitrogens with zero attached hydrogens (tertiary/aromatic N) is 4. The van der Waals surface area contributed by atoms with Gasteiger partial charge >= 0.3 is 0 Å². The summed E-state index contributed by atoms with van der Waals surface area (Å²) in [6.07, 6.45) is 0. The Bertz CT molecular complexity index is 1440. The summed E-state index contributed by atoms with van der Waals surface area (Å²) in [6, 6.07) is 23.7. The molecule has 2 aliphatic heterocycles. The van der Waals surface area contributed by atoms with Gasteiger partial charge in [0.25, 0.3) is 5.91 Å². The molecular weight excluding hydrogens is 486 g/mol. The number of amidine groups is 1. The van der Waals surface area contributed by atoms with Crippen LogP contribution in [0.1, 0.15) is 23.6 Å². The van der Waals surface area contributed by atoms with Crippen LogP contribution in [0.2, 0.25) is 0 Å². The fourth-order valence-electron chi connectivity index (χ4n) is 4.28. The van der Waals surface area contributed by atoms with Crippen molar-refractivity contribution in [1.29, 1.82) is 5.26 Å². The van der Waals surface area contributed by atoms with E-state index >= 15 is 0 Å². The number of hydrogen-bond acceptors (Lipinski definition) is 7. The molecule has 3 aromatic rings. The molecule has 5 rings (SSSR count). The smallest absolute Gasteiger partial charge is 0.269 e. The van der Waals surface area contributed by atoms with Crippen molar-refractivity contribution in [3.8, 4) is 6.07 Å². The van der Waals surface area contributed by atoms with E-state index in [1.165, 1.54) is 17.3 Å². The predicted octanol–water partition coefficient (Wildman–Crippen LogP) is 6.47. The maximum absolute atomic E-state index is 13.9. The molecule has 2 heterocycles. The van der Waals surface area contributed by atoms with Gasteiger partial charge in [-0.2, -0.15) is 5.26 Å². The molecule has 1 amide bonds. The van der Waals surface area contributed by atoms with Crippen molar-refractivity contribution in [3.05, 3.63) is 93.4 Å². The van der Waals surface area contributed by atoms with E-state index < -0.39 is 0 Å². The summed E-state index contributed by atoms with van der Waals surface area (Å²) in [7, 11) is 2.01. The molecule has 1 fully saturated rings. The highest BCUT2D eigenvalue weighted by Crippen LogP contribution is 2.51. The maximum Gasteiger partial charge on any atom is 0.269 e. The van der Waals surface area contributed by atoms with Gasteiger partial charge in [0.2, 0.25) is 0 Å². The van der Waals surface area contributed by atoms with Crippen LogP contribution in [-0.4, -0.2) is 29.6 Å². The number of aliphatic imine (C=N–C) groups is 1. The number of anilines is 2. The van der Waals surface area contributed by atoms with Crippen molar-refractivity contribution in [1.82, 2.24) is 4.90 Å². The van der Waals surface area contributed by atoms with Crippen molar-refractivity contribution in [2.75, 3.05) is 23.8 Å². The first-order valence-electron chi connectivity index (χ1n) is 11.7. The zero-order chi connectivity index (χ0) is 25.2. The van der Waals surface area contributed by atoms with Crippen molar-refractivity contribution >= 4 is 51.7 Å². The first-order chi connectivity index (χ1) is 17.5. The number of hydrogen-bond donors (Lipinski definition) is 1. The summed E-state index contributed by atoms with van der Waals surface area (Å²) in [5, 5.41) is 14.3. The van der Waals surface area contributed by atoms with Gasteiger partial charge in [-0.05, 0) is 61.0 Å². The Morgan fingerprint density at radius 3 is 2.58 bits per heavy atom. The standard InChI is InChI=1S/C28H25N5OS2/c1-4-30-21-14-13-20(16-29)15-22(21)31-28-33(17-19-10-6-5-7-11-19)26(34)25(36-28)27-32(3)24-18(2)9-8-12-23(24)35-27/h5-15,30H,4,17H2,1-3H3/b27-25-,31-28?. The molecule has 0 radical (unpaired) electrons. The second-order valence-electron chi connectivity index (χ2n) is 8.46. The summed E-state index contributed by atoms with van der Waals surface area (Å²) >= 11 is 3.01. The van der Waals surface area contributed by atoms with Gasteiger partial charge in [0.05, 0.1) is 40.3 Å². The molecule has 1 saturated heterocycles. The third-order valence-corrected chi connectivity index (χ3v) is 8.42.